The zero-order valence-corrected chi connectivity index (χ0v) is 11.1. The van der Waals surface area contributed by atoms with Gasteiger partial charge in [-0.1, -0.05) is 42.2 Å². The smallest absolute Gasteiger partial charge is 0.135 e. The van der Waals surface area contributed by atoms with E-state index in [-0.39, 0.29) is 6.61 Å². The Balaban J connectivity index is 1.85. The number of hydrogen-bond acceptors (Lipinski definition) is 3. The van der Waals surface area contributed by atoms with Gasteiger partial charge in [-0.3, -0.25) is 0 Å². The van der Waals surface area contributed by atoms with E-state index in [2.05, 4.69) is 11.8 Å². The van der Waals surface area contributed by atoms with Crippen LogP contribution in [0.2, 0.25) is 0 Å². The highest BCUT2D eigenvalue weighted by atomic mass is 16.5. The van der Waals surface area contributed by atoms with E-state index in [4.69, 9.17) is 14.6 Å². The molecule has 0 radical (unpaired) electrons. The Morgan fingerprint density at radius 1 is 0.850 bits per heavy atom. The second kappa shape index (κ2) is 7.88. The summed E-state index contributed by atoms with van der Waals surface area (Å²) >= 11 is 0. The van der Waals surface area contributed by atoms with E-state index in [0.717, 1.165) is 11.3 Å². The molecule has 20 heavy (non-hydrogen) atoms. The highest BCUT2D eigenvalue weighted by Crippen LogP contribution is 2.16. The molecule has 0 fully saturated rings. The number of rotatable bonds is 5. The molecule has 2 aromatic carbocycles. The van der Waals surface area contributed by atoms with Gasteiger partial charge in [-0.05, 0) is 24.3 Å². The van der Waals surface area contributed by atoms with E-state index in [1.807, 2.05) is 54.6 Å². The van der Waals surface area contributed by atoms with Gasteiger partial charge >= 0.3 is 0 Å². The van der Waals surface area contributed by atoms with E-state index in [9.17, 15) is 0 Å². The number of ether oxygens (including phenoxy) is 2. The highest BCUT2D eigenvalue weighted by Gasteiger charge is 2.00. The lowest BCUT2D eigenvalue weighted by Gasteiger charge is -2.09. The van der Waals surface area contributed by atoms with Crippen LogP contribution < -0.4 is 9.47 Å². The van der Waals surface area contributed by atoms with Crippen molar-refractivity contribution in [1.29, 1.82) is 0 Å². The van der Waals surface area contributed by atoms with Crippen molar-refractivity contribution in [2.24, 2.45) is 0 Å². The SMILES string of the molecule is OCC#Cc1ccccc1OCCOc1ccccc1. The zero-order chi connectivity index (χ0) is 14.0. The number of aliphatic hydroxyl groups is 1. The number of hydrogen-bond donors (Lipinski definition) is 1. The Kier molecular flexibility index (Phi) is 5.51. The fraction of sp³-hybridized carbons (Fsp3) is 0.176. The molecule has 0 atom stereocenters. The van der Waals surface area contributed by atoms with Crippen LogP contribution in [-0.2, 0) is 0 Å². The number of para-hydroxylation sites is 2. The second-order valence-electron chi connectivity index (χ2n) is 3.97. The minimum atomic E-state index is -0.161. The first kappa shape index (κ1) is 14.0. The maximum atomic E-state index is 8.72. The summed E-state index contributed by atoms with van der Waals surface area (Å²) in [6.45, 7) is 0.740. The monoisotopic (exact) mass is 268 g/mol. The molecule has 3 nitrogen and oxygen atoms in total. The molecule has 0 unspecified atom stereocenters. The first-order valence-corrected chi connectivity index (χ1v) is 6.39. The fourth-order valence-electron chi connectivity index (χ4n) is 1.66. The molecule has 3 heteroatoms. The summed E-state index contributed by atoms with van der Waals surface area (Å²) < 4.78 is 11.2. The van der Waals surface area contributed by atoms with Crippen molar-refractivity contribution in [3.63, 3.8) is 0 Å². The Morgan fingerprint density at radius 3 is 2.35 bits per heavy atom. The van der Waals surface area contributed by atoms with Crippen LogP contribution in [0.5, 0.6) is 11.5 Å². The topological polar surface area (TPSA) is 38.7 Å². The maximum absolute atomic E-state index is 8.72. The lowest BCUT2D eigenvalue weighted by Crippen LogP contribution is -2.09. The number of aliphatic hydroxyl groups excluding tert-OH is 1. The Bertz CT molecular complexity index is 582. The average Bonchev–Trinajstić information content (AvgIpc) is 2.51. The van der Waals surface area contributed by atoms with E-state index in [1.54, 1.807) is 0 Å². The van der Waals surface area contributed by atoms with Crippen LogP contribution in [0.4, 0.5) is 0 Å². The molecule has 0 bridgehead atoms. The van der Waals surface area contributed by atoms with E-state index < -0.39 is 0 Å². The summed E-state index contributed by atoms with van der Waals surface area (Å²) in [6.07, 6.45) is 0. The molecule has 2 aromatic rings. The van der Waals surface area contributed by atoms with Crippen LogP contribution >= 0.6 is 0 Å². The first-order chi connectivity index (χ1) is 9.90. The highest BCUT2D eigenvalue weighted by molar-refractivity contribution is 5.45. The van der Waals surface area contributed by atoms with Crippen LogP contribution in [0.1, 0.15) is 5.56 Å². The van der Waals surface area contributed by atoms with Crippen molar-refractivity contribution in [2.75, 3.05) is 19.8 Å². The quantitative estimate of drug-likeness (QED) is 0.669. The largest absolute Gasteiger partial charge is 0.490 e. The third-order valence-electron chi connectivity index (χ3n) is 2.54. The van der Waals surface area contributed by atoms with Gasteiger partial charge in [-0.2, -0.15) is 0 Å². The van der Waals surface area contributed by atoms with Crippen molar-refractivity contribution in [3.8, 4) is 23.3 Å². The molecule has 0 saturated carbocycles. The third kappa shape index (κ3) is 4.34. The minimum Gasteiger partial charge on any atom is -0.490 e. The fourth-order valence-corrected chi connectivity index (χ4v) is 1.66. The van der Waals surface area contributed by atoms with Crippen molar-refractivity contribution < 1.29 is 14.6 Å². The van der Waals surface area contributed by atoms with Gasteiger partial charge in [0, 0.05) is 0 Å². The summed E-state index contributed by atoms with van der Waals surface area (Å²) in [6, 6.07) is 17.1. The molecule has 0 amide bonds. The molecule has 1 N–H and O–H groups in total. The molecule has 0 aliphatic heterocycles. The summed E-state index contributed by atoms with van der Waals surface area (Å²) in [4.78, 5) is 0. The van der Waals surface area contributed by atoms with Gasteiger partial charge in [-0.15, -0.1) is 0 Å². The summed E-state index contributed by atoms with van der Waals surface area (Å²) in [5.74, 6) is 6.99. The predicted molar refractivity (Wildman–Crippen MR) is 77.8 cm³/mol. The molecule has 0 aliphatic rings. The minimum absolute atomic E-state index is 0.161. The molecule has 0 aromatic heterocycles. The van der Waals surface area contributed by atoms with Crippen LogP contribution in [0.3, 0.4) is 0 Å². The van der Waals surface area contributed by atoms with E-state index in [0.29, 0.717) is 19.0 Å². The molecule has 0 spiro atoms. The van der Waals surface area contributed by atoms with Gasteiger partial charge in [0.2, 0.25) is 0 Å². The van der Waals surface area contributed by atoms with Crippen LogP contribution in [0.25, 0.3) is 0 Å². The average molecular weight is 268 g/mol. The Labute approximate surface area is 118 Å². The third-order valence-corrected chi connectivity index (χ3v) is 2.54. The molecular formula is C17H16O3. The lowest BCUT2D eigenvalue weighted by atomic mass is 10.2. The van der Waals surface area contributed by atoms with Gasteiger partial charge in [0.15, 0.2) is 0 Å². The molecule has 0 heterocycles. The van der Waals surface area contributed by atoms with E-state index >= 15 is 0 Å². The summed E-state index contributed by atoms with van der Waals surface area (Å²) in [7, 11) is 0. The van der Waals surface area contributed by atoms with Gasteiger partial charge < -0.3 is 14.6 Å². The van der Waals surface area contributed by atoms with Crippen LogP contribution in [-0.4, -0.2) is 24.9 Å². The van der Waals surface area contributed by atoms with Crippen LogP contribution in [0, 0.1) is 11.8 Å². The Morgan fingerprint density at radius 2 is 1.55 bits per heavy atom. The number of benzene rings is 2. The van der Waals surface area contributed by atoms with Crippen molar-refractivity contribution in [1.82, 2.24) is 0 Å². The summed E-state index contributed by atoms with van der Waals surface area (Å²) in [5, 5.41) is 8.72. The van der Waals surface area contributed by atoms with Gasteiger partial charge in [-0.25, -0.2) is 0 Å². The second-order valence-corrected chi connectivity index (χ2v) is 3.97. The standard InChI is InChI=1S/C17H16O3/c18-12-6-8-15-7-4-5-11-17(15)20-14-13-19-16-9-2-1-3-10-16/h1-5,7,9-11,18H,12-14H2. The lowest BCUT2D eigenvalue weighted by molar-refractivity contribution is 0.217. The maximum Gasteiger partial charge on any atom is 0.135 e. The summed E-state index contributed by atoms with van der Waals surface area (Å²) in [5.41, 5.74) is 0.765. The molecule has 0 aliphatic carbocycles. The molecule has 102 valence electrons. The van der Waals surface area contributed by atoms with Gasteiger partial charge in [0.05, 0.1) is 5.56 Å². The predicted octanol–water partition coefficient (Wildman–Crippen LogP) is 2.49. The molecule has 2 rings (SSSR count). The zero-order valence-electron chi connectivity index (χ0n) is 11.1. The normalized spacial score (nSPS) is 9.45. The first-order valence-electron chi connectivity index (χ1n) is 6.39. The van der Waals surface area contributed by atoms with Crippen molar-refractivity contribution in [2.45, 2.75) is 0 Å². The van der Waals surface area contributed by atoms with E-state index in [1.165, 1.54) is 0 Å². The van der Waals surface area contributed by atoms with Crippen LogP contribution in [0.15, 0.2) is 54.6 Å². The van der Waals surface area contributed by atoms with Crippen molar-refractivity contribution >= 4 is 0 Å². The van der Waals surface area contributed by atoms with Crippen molar-refractivity contribution in [3.05, 3.63) is 60.2 Å². The Hall–Kier alpha value is -2.44. The molecular weight excluding hydrogens is 252 g/mol. The molecule has 0 saturated heterocycles. The van der Waals surface area contributed by atoms with Gasteiger partial charge in [0.25, 0.3) is 0 Å². The van der Waals surface area contributed by atoms with Gasteiger partial charge in [0.1, 0.15) is 31.3 Å².